The normalized spacial score (nSPS) is 15.9. The lowest BCUT2D eigenvalue weighted by atomic mass is 9.95. The Hall–Kier alpha value is -4.32. The molecule has 1 amide bonds. The number of aryl methyl sites for hydroxylation is 1. The number of Topliss-reactive ketones (excluding diaryl/α,β-unsaturated/α-hetero) is 1. The zero-order valence-electron chi connectivity index (χ0n) is 23.8. The summed E-state index contributed by atoms with van der Waals surface area (Å²) < 4.78 is 21.3. The van der Waals surface area contributed by atoms with Crippen LogP contribution in [-0.4, -0.2) is 27.0 Å². The molecule has 0 spiro atoms. The van der Waals surface area contributed by atoms with E-state index in [4.69, 9.17) is 4.74 Å². The first-order valence-corrected chi connectivity index (χ1v) is 16.4. The first-order valence-electron chi connectivity index (χ1n) is 13.8. The molecule has 1 aliphatic heterocycles. The molecular weight excluding hydrogens is 677 g/mol. The van der Waals surface area contributed by atoms with Gasteiger partial charge in [0.2, 0.25) is 5.13 Å². The number of hydrogen-bond donors (Lipinski definition) is 1. The van der Waals surface area contributed by atoms with Gasteiger partial charge in [-0.2, -0.15) is 0 Å². The molecule has 0 bridgehead atoms. The van der Waals surface area contributed by atoms with E-state index in [1.165, 1.54) is 22.7 Å². The van der Waals surface area contributed by atoms with Crippen LogP contribution in [0.25, 0.3) is 5.76 Å². The molecule has 11 heteroatoms. The summed E-state index contributed by atoms with van der Waals surface area (Å²) in [5, 5.41) is 20.1. The number of benzene rings is 4. The van der Waals surface area contributed by atoms with Crippen molar-refractivity contribution < 1.29 is 23.8 Å². The number of aliphatic hydroxyl groups is 1. The molecule has 6 rings (SSSR count). The Bertz CT molecular complexity index is 1930. The summed E-state index contributed by atoms with van der Waals surface area (Å²) in [6.45, 7) is 2.40. The van der Waals surface area contributed by atoms with Crippen LogP contribution < -0.4 is 9.64 Å². The van der Waals surface area contributed by atoms with E-state index >= 15 is 0 Å². The quantitative estimate of drug-likeness (QED) is 0.0544. The molecule has 4 aromatic carbocycles. The number of carbonyl (C=O) groups excluding carboxylic acids is 2. The van der Waals surface area contributed by atoms with E-state index in [-0.39, 0.29) is 22.3 Å². The number of carbonyl (C=O) groups is 2. The van der Waals surface area contributed by atoms with Gasteiger partial charge in [0.1, 0.15) is 23.9 Å². The minimum atomic E-state index is -0.961. The zero-order chi connectivity index (χ0) is 31.5. The molecule has 1 saturated heterocycles. The number of hydrogen-bond acceptors (Lipinski definition) is 8. The zero-order valence-corrected chi connectivity index (χ0v) is 27.0. The van der Waals surface area contributed by atoms with Gasteiger partial charge in [0.15, 0.2) is 4.34 Å². The lowest BCUT2D eigenvalue weighted by Gasteiger charge is -2.22. The lowest BCUT2D eigenvalue weighted by molar-refractivity contribution is -0.132. The molecule has 0 saturated carbocycles. The number of ether oxygens (including phenoxy) is 1. The Labute approximate surface area is 275 Å². The molecule has 0 aliphatic carbocycles. The standard InChI is InChI=1S/C34H25BrFN3O4S2/c1-20-6-4-7-21(16-20)18-43-26-14-12-22(13-15-26)30(40)28-29(23-9-5-10-25(35)17-23)39(32(42)31(28)41)33-37-38-34(45-33)44-19-24-8-2-3-11-27(24)36/h2-17,29,40H,18-19H2,1H3. The average Bonchev–Trinajstić information content (AvgIpc) is 3.61. The fraction of sp³-hybridized carbons (Fsp3) is 0.118. The maximum atomic E-state index is 14.1. The number of anilines is 1. The highest BCUT2D eigenvalue weighted by Crippen LogP contribution is 2.44. The van der Waals surface area contributed by atoms with Gasteiger partial charge < -0.3 is 9.84 Å². The molecule has 1 unspecified atom stereocenters. The van der Waals surface area contributed by atoms with Crippen molar-refractivity contribution in [3.63, 3.8) is 0 Å². The van der Waals surface area contributed by atoms with Gasteiger partial charge in [0.25, 0.3) is 5.78 Å². The van der Waals surface area contributed by atoms with Crippen molar-refractivity contribution >= 4 is 61.6 Å². The van der Waals surface area contributed by atoms with E-state index in [1.54, 1.807) is 60.7 Å². The Morgan fingerprint density at radius 3 is 2.53 bits per heavy atom. The van der Waals surface area contributed by atoms with Crippen LogP contribution in [0.1, 0.15) is 33.9 Å². The van der Waals surface area contributed by atoms with Crippen molar-refractivity contribution in [2.45, 2.75) is 29.7 Å². The van der Waals surface area contributed by atoms with Crippen molar-refractivity contribution in [1.82, 2.24) is 10.2 Å². The highest BCUT2D eigenvalue weighted by atomic mass is 79.9. The molecule has 1 atom stereocenters. The van der Waals surface area contributed by atoms with Gasteiger partial charge in [0, 0.05) is 15.8 Å². The molecule has 226 valence electrons. The van der Waals surface area contributed by atoms with E-state index in [9.17, 15) is 19.1 Å². The molecule has 5 aromatic rings. The van der Waals surface area contributed by atoms with Crippen molar-refractivity contribution in [2.75, 3.05) is 4.90 Å². The van der Waals surface area contributed by atoms with Gasteiger partial charge in [-0.1, -0.05) is 99.2 Å². The fourth-order valence-electron chi connectivity index (χ4n) is 4.97. The first-order chi connectivity index (χ1) is 21.8. The summed E-state index contributed by atoms with van der Waals surface area (Å²) >= 11 is 5.87. The number of thioether (sulfide) groups is 1. The van der Waals surface area contributed by atoms with E-state index in [2.05, 4.69) is 26.1 Å². The third-order valence-electron chi connectivity index (χ3n) is 7.14. The SMILES string of the molecule is Cc1cccc(COc2ccc(C(O)=C3C(=O)C(=O)N(c4nnc(SCc5ccccc5F)s4)C3c3cccc(Br)c3)cc2)c1. The summed E-state index contributed by atoms with van der Waals surface area (Å²) in [6, 6.07) is 27.4. The van der Waals surface area contributed by atoms with Gasteiger partial charge in [-0.05, 0) is 66.1 Å². The van der Waals surface area contributed by atoms with Gasteiger partial charge in [0.05, 0.1) is 11.6 Å². The van der Waals surface area contributed by atoms with E-state index < -0.39 is 17.7 Å². The van der Waals surface area contributed by atoms with Crippen LogP contribution in [0, 0.1) is 12.7 Å². The third kappa shape index (κ3) is 6.70. The Morgan fingerprint density at radius 1 is 1.00 bits per heavy atom. The van der Waals surface area contributed by atoms with Crippen molar-refractivity contribution in [1.29, 1.82) is 0 Å². The van der Waals surface area contributed by atoms with Crippen molar-refractivity contribution in [3.8, 4) is 5.75 Å². The van der Waals surface area contributed by atoms with Crippen LogP contribution in [0.2, 0.25) is 0 Å². The smallest absolute Gasteiger partial charge is 0.301 e. The number of aromatic nitrogens is 2. The molecule has 1 N–H and O–H groups in total. The summed E-state index contributed by atoms with van der Waals surface area (Å²) in [7, 11) is 0. The predicted molar refractivity (Wildman–Crippen MR) is 177 cm³/mol. The van der Waals surface area contributed by atoms with Crippen LogP contribution in [0.15, 0.2) is 111 Å². The van der Waals surface area contributed by atoms with Gasteiger partial charge in [-0.25, -0.2) is 4.39 Å². The molecule has 1 aromatic heterocycles. The maximum Gasteiger partial charge on any atom is 0.301 e. The minimum absolute atomic E-state index is 0.0673. The van der Waals surface area contributed by atoms with Crippen molar-refractivity contribution in [3.05, 3.63) is 141 Å². The lowest BCUT2D eigenvalue weighted by Crippen LogP contribution is -2.29. The monoisotopic (exact) mass is 701 g/mol. The summed E-state index contributed by atoms with van der Waals surface area (Å²) in [5.74, 6) is -1.40. The van der Waals surface area contributed by atoms with E-state index in [1.807, 2.05) is 37.3 Å². The van der Waals surface area contributed by atoms with E-state index in [0.29, 0.717) is 39.1 Å². The third-order valence-corrected chi connectivity index (χ3v) is 9.73. The van der Waals surface area contributed by atoms with Gasteiger partial charge in [-0.15, -0.1) is 10.2 Å². The molecular formula is C34H25BrFN3O4S2. The number of nitrogens with zero attached hydrogens (tertiary/aromatic N) is 3. The second kappa shape index (κ2) is 13.4. The minimum Gasteiger partial charge on any atom is -0.507 e. The fourth-order valence-corrected chi connectivity index (χ4v) is 7.24. The molecule has 1 fully saturated rings. The largest absolute Gasteiger partial charge is 0.507 e. The highest BCUT2D eigenvalue weighted by Gasteiger charge is 2.48. The Balaban J connectivity index is 1.30. The summed E-state index contributed by atoms with van der Waals surface area (Å²) in [6.07, 6.45) is 0. The van der Waals surface area contributed by atoms with Crippen LogP contribution in [0.4, 0.5) is 9.52 Å². The van der Waals surface area contributed by atoms with Crippen LogP contribution in [0.5, 0.6) is 5.75 Å². The summed E-state index contributed by atoms with van der Waals surface area (Å²) in [5.41, 5.74) is 3.57. The molecule has 7 nitrogen and oxygen atoms in total. The van der Waals surface area contributed by atoms with E-state index in [0.717, 1.165) is 26.9 Å². The van der Waals surface area contributed by atoms with Crippen LogP contribution in [0.3, 0.4) is 0 Å². The molecule has 0 radical (unpaired) electrons. The number of aliphatic hydroxyl groups excluding tert-OH is 1. The first kappa shape index (κ1) is 30.7. The average molecular weight is 703 g/mol. The second-order valence-corrected chi connectivity index (χ2v) is 13.4. The maximum absolute atomic E-state index is 14.1. The highest BCUT2D eigenvalue weighted by molar-refractivity contribution is 9.10. The molecule has 45 heavy (non-hydrogen) atoms. The number of amides is 1. The second-order valence-electron chi connectivity index (χ2n) is 10.3. The molecule has 1 aliphatic rings. The Morgan fingerprint density at radius 2 is 1.78 bits per heavy atom. The number of halogens is 2. The number of ketones is 1. The Kier molecular flexibility index (Phi) is 9.11. The van der Waals surface area contributed by atoms with Gasteiger partial charge in [-0.3, -0.25) is 14.5 Å². The molecule has 2 heterocycles. The van der Waals surface area contributed by atoms with Crippen LogP contribution >= 0.6 is 39.0 Å². The number of rotatable bonds is 9. The van der Waals surface area contributed by atoms with Gasteiger partial charge >= 0.3 is 5.91 Å². The van der Waals surface area contributed by atoms with Crippen molar-refractivity contribution in [2.24, 2.45) is 0 Å². The summed E-state index contributed by atoms with van der Waals surface area (Å²) in [4.78, 5) is 28.3. The van der Waals surface area contributed by atoms with Crippen LogP contribution in [-0.2, 0) is 21.9 Å². The predicted octanol–water partition coefficient (Wildman–Crippen LogP) is 8.25. The topological polar surface area (TPSA) is 92.6 Å².